The summed E-state index contributed by atoms with van der Waals surface area (Å²) in [6.07, 6.45) is -2.71. The molecule has 0 amide bonds. The lowest BCUT2D eigenvalue weighted by atomic mass is 10.1. The highest BCUT2D eigenvalue weighted by Gasteiger charge is 2.33. The summed E-state index contributed by atoms with van der Waals surface area (Å²) in [7, 11) is 0. The van der Waals surface area contributed by atoms with Crippen LogP contribution in [0.15, 0.2) is 65.5 Å². The third-order valence-electron chi connectivity index (χ3n) is 6.37. The molecule has 1 N–H and O–H groups in total. The minimum atomic E-state index is -4.53. The van der Waals surface area contributed by atoms with Crippen LogP contribution < -0.4 is 9.64 Å². The van der Waals surface area contributed by atoms with Gasteiger partial charge < -0.3 is 14.7 Å². The molecule has 1 atom stereocenters. The quantitative estimate of drug-likeness (QED) is 0.350. The summed E-state index contributed by atoms with van der Waals surface area (Å²) in [6.45, 7) is 3.49. The largest absolute Gasteiger partial charge is 0.491 e. The zero-order chi connectivity index (χ0) is 25.8. The Hall–Kier alpha value is -3.21. The number of benzene rings is 1. The number of alkyl halides is 3. The van der Waals surface area contributed by atoms with Crippen LogP contribution in [-0.2, 0) is 6.18 Å². The maximum atomic E-state index is 13.5. The van der Waals surface area contributed by atoms with Gasteiger partial charge in [0.05, 0.1) is 5.52 Å². The molecule has 0 saturated carbocycles. The van der Waals surface area contributed by atoms with Crippen LogP contribution in [0.3, 0.4) is 0 Å². The molecule has 1 fully saturated rings. The molecule has 194 valence electrons. The second-order valence-corrected chi connectivity index (χ2v) is 9.80. The zero-order valence-electron chi connectivity index (χ0n) is 20.1. The van der Waals surface area contributed by atoms with E-state index in [9.17, 15) is 18.3 Å². The summed E-state index contributed by atoms with van der Waals surface area (Å²) in [5.41, 5.74) is 0.772. The lowest BCUT2D eigenvalue weighted by Gasteiger charge is -2.25. The predicted molar refractivity (Wildman–Crippen MR) is 139 cm³/mol. The molecule has 4 aromatic rings. The van der Waals surface area contributed by atoms with Gasteiger partial charge in [0.1, 0.15) is 30.0 Å². The van der Waals surface area contributed by atoms with Gasteiger partial charge in [-0.25, -0.2) is 9.97 Å². The van der Waals surface area contributed by atoms with E-state index in [1.807, 2.05) is 47.2 Å². The van der Waals surface area contributed by atoms with E-state index in [0.29, 0.717) is 48.5 Å². The Morgan fingerprint density at radius 3 is 2.62 bits per heavy atom. The number of hydrogen-bond donors (Lipinski definition) is 1. The van der Waals surface area contributed by atoms with E-state index < -0.39 is 18.0 Å². The van der Waals surface area contributed by atoms with Crippen molar-refractivity contribution in [1.29, 1.82) is 0 Å². The number of pyridine rings is 2. The van der Waals surface area contributed by atoms with Gasteiger partial charge in [-0.05, 0) is 59.6 Å². The molecule has 0 radical (unpaired) electrons. The molecule has 3 aromatic heterocycles. The van der Waals surface area contributed by atoms with Crippen molar-refractivity contribution in [1.82, 2.24) is 14.9 Å². The fourth-order valence-electron chi connectivity index (χ4n) is 4.57. The van der Waals surface area contributed by atoms with E-state index in [0.717, 1.165) is 30.3 Å². The van der Waals surface area contributed by atoms with Crippen LogP contribution in [0.2, 0.25) is 0 Å². The number of aromatic nitrogens is 2. The number of halogens is 3. The molecule has 4 heterocycles. The van der Waals surface area contributed by atoms with Crippen molar-refractivity contribution in [2.75, 3.05) is 44.2 Å². The molecule has 1 aliphatic rings. The number of fused-ring (bicyclic) bond motifs is 1. The summed E-state index contributed by atoms with van der Waals surface area (Å²) >= 11 is 1.47. The topological polar surface area (TPSA) is 61.7 Å². The number of thiophene rings is 1. The van der Waals surface area contributed by atoms with Gasteiger partial charge in [-0.3, -0.25) is 4.90 Å². The van der Waals surface area contributed by atoms with Crippen LogP contribution in [0.1, 0.15) is 12.1 Å². The van der Waals surface area contributed by atoms with Crippen molar-refractivity contribution in [3.63, 3.8) is 0 Å². The van der Waals surface area contributed by atoms with E-state index in [-0.39, 0.29) is 6.61 Å². The molecule has 0 spiro atoms. The second kappa shape index (κ2) is 11.0. The van der Waals surface area contributed by atoms with Crippen molar-refractivity contribution in [2.24, 2.45) is 0 Å². The van der Waals surface area contributed by atoms with Gasteiger partial charge in [-0.15, -0.1) is 0 Å². The zero-order valence-corrected chi connectivity index (χ0v) is 20.9. The fraction of sp³-hybridized carbons (Fsp3) is 0.333. The monoisotopic (exact) mass is 528 g/mol. The summed E-state index contributed by atoms with van der Waals surface area (Å²) in [4.78, 5) is 13.0. The van der Waals surface area contributed by atoms with Crippen LogP contribution in [0.25, 0.3) is 22.0 Å². The average molecular weight is 529 g/mol. The van der Waals surface area contributed by atoms with Crippen LogP contribution >= 0.6 is 11.3 Å². The van der Waals surface area contributed by atoms with Crippen molar-refractivity contribution < 1.29 is 23.0 Å². The van der Waals surface area contributed by atoms with Crippen LogP contribution in [0, 0.1) is 0 Å². The maximum Gasteiger partial charge on any atom is 0.433 e. The van der Waals surface area contributed by atoms with E-state index >= 15 is 0 Å². The van der Waals surface area contributed by atoms with Crippen molar-refractivity contribution in [2.45, 2.75) is 18.7 Å². The molecule has 1 saturated heterocycles. The lowest BCUT2D eigenvalue weighted by Crippen LogP contribution is -2.38. The van der Waals surface area contributed by atoms with E-state index in [1.165, 1.54) is 17.4 Å². The third kappa shape index (κ3) is 6.03. The molecule has 1 unspecified atom stereocenters. The fourth-order valence-corrected chi connectivity index (χ4v) is 5.22. The first-order chi connectivity index (χ1) is 17.9. The van der Waals surface area contributed by atoms with E-state index in [2.05, 4.69) is 14.8 Å². The van der Waals surface area contributed by atoms with Crippen LogP contribution in [0.4, 0.5) is 19.0 Å². The number of nitrogens with zero attached hydrogens (tertiary/aromatic N) is 4. The second-order valence-electron chi connectivity index (χ2n) is 9.02. The Labute approximate surface area is 217 Å². The predicted octanol–water partition coefficient (Wildman–Crippen LogP) is 5.33. The maximum absolute atomic E-state index is 13.5. The van der Waals surface area contributed by atoms with Crippen LogP contribution in [-0.4, -0.2) is 65.4 Å². The minimum absolute atomic E-state index is 0.202. The number of para-hydroxylation sites is 1. The smallest absolute Gasteiger partial charge is 0.433 e. The number of aliphatic hydroxyl groups excluding tert-OH is 1. The number of anilines is 1. The van der Waals surface area contributed by atoms with Gasteiger partial charge in [0, 0.05) is 43.3 Å². The number of rotatable bonds is 7. The van der Waals surface area contributed by atoms with E-state index in [4.69, 9.17) is 9.72 Å². The molecule has 1 aromatic carbocycles. The van der Waals surface area contributed by atoms with Gasteiger partial charge >= 0.3 is 6.18 Å². The normalized spacial score (nSPS) is 16.1. The SMILES string of the molecule is OC(COc1ccccc1)CN1CCCN(c2ncc(-c3ccsc3)c3nc(C(F)(F)F)ccc23)CC1. The van der Waals surface area contributed by atoms with Crippen molar-refractivity contribution in [3.8, 4) is 16.9 Å². The first kappa shape index (κ1) is 25.4. The van der Waals surface area contributed by atoms with Gasteiger partial charge in [0.15, 0.2) is 0 Å². The molecule has 1 aliphatic heterocycles. The Kier molecular flexibility index (Phi) is 7.59. The highest BCUT2D eigenvalue weighted by Crippen LogP contribution is 2.36. The molecule has 0 aliphatic carbocycles. The average Bonchev–Trinajstić information content (AvgIpc) is 3.33. The van der Waals surface area contributed by atoms with Gasteiger partial charge in [0.2, 0.25) is 0 Å². The van der Waals surface area contributed by atoms with Gasteiger partial charge in [-0.1, -0.05) is 18.2 Å². The highest BCUT2D eigenvalue weighted by atomic mass is 32.1. The standard InChI is InChI=1S/C27H27F3N4O2S/c28-27(29,30)24-8-7-22-25(32-24)23(19-9-14-37-18-19)15-31-26(22)34-11-4-10-33(12-13-34)16-20(35)17-36-21-5-2-1-3-6-21/h1-3,5-9,14-15,18,20,35H,4,10-13,16-17H2. The summed E-state index contributed by atoms with van der Waals surface area (Å²) in [5, 5.41) is 14.9. The number of ether oxygens (including phenoxy) is 1. The Morgan fingerprint density at radius 1 is 1.03 bits per heavy atom. The summed E-state index contributed by atoms with van der Waals surface area (Å²) in [6, 6.07) is 13.7. The third-order valence-corrected chi connectivity index (χ3v) is 7.06. The Morgan fingerprint density at radius 2 is 1.86 bits per heavy atom. The molecule has 6 nitrogen and oxygen atoms in total. The first-order valence-electron chi connectivity index (χ1n) is 12.1. The van der Waals surface area contributed by atoms with Crippen molar-refractivity contribution >= 4 is 28.1 Å². The molecular weight excluding hydrogens is 501 g/mol. The molecule has 10 heteroatoms. The number of β-amino-alcohol motifs (C(OH)–C–C–N with tert-alkyl or cyclic N) is 1. The van der Waals surface area contributed by atoms with Gasteiger partial charge in [0.25, 0.3) is 0 Å². The summed E-state index contributed by atoms with van der Waals surface area (Å²) in [5.74, 6) is 1.35. The molecule has 0 bridgehead atoms. The Balaban J connectivity index is 1.32. The molecule has 5 rings (SSSR count). The van der Waals surface area contributed by atoms with Crippen LogP contribution in [0.5, 0.6) is 5.75 Å². The lowest BCUT2D eigenvalue weighted by molar-refractivity contribution is -0.140. The first-order valence-corrected chi connectivity index (χ1v) is 13.1. The molecular formula is C27H27F3N4O2S. The molecule has 37 heavy (non-hydrogen) atoms. The van der Waals surface area contributed by atoms with Gasteiger partial charge in [-0.2, -0.15) is 24.5 Å². The van der Waals surface area contributed by atoms with Crippen molar-refractivity contribution in [3.05, 3.63) is 71.2 Å². The Bertz CT molecular complexity index is 1320. The number of hydrogen-bond acceptors (Lipinski definition) is 7. The number of aliphatic hydroxyl groups is 1. The highest BCUT2D eigenvalue weighted by molar-refractivity contribution is 7.08. The minimum Gasteiger partial charge on any atom is -0.491 e. The van der Waals surface area contributed by atoms with E-state index in [1.54, 1.807) is 6.20 Å². The summed E-state index contributed by atoms with van der Waals surface area (Å²) < 4.78 is 46.1.